The molecule has 1 N–H and O–H groups in total. The minimum atomic E-state index is 0. The van der Waals surface area contributed by atoms with Gasteiger partial charge in [-0.1, -0.05) is 41.6 Å². The largest absolute Gasteiger partial charge is 0.357 e. The van der Waals surface area contributed by atoms with E-state index < -0.39 is 0 Å². The number of rotatable bonds is 7. The van der Waals surface area contributed by atoms with Crippen LogP contribution < -0.4 is 5.32 Å². The number of nitrogens with one attached hydrogen (secondary N) is 1. The van der Waals surface area contributed by atoms with Gasteiger partial charge in [-0.15, -0.1) is 24.0 Å². The summed E-state index contributed by atoms with van der Waals surface area (Å²) < 4.78 is 5.33. The normalized spacial score (nSPS) is 14.8. The van der Waals surface area contributed by atoms with E-state index in [9.17, 15) is 0 Å². The van der Waals surface area contributed by atoms with Gasteiger partial charge in [-0.2, -0.15) is 4.98 Å². The molecule has 0 unspecified atom stereocenters. The highest BCUT2D eigenvalue weighted by Gasteiger charge is 2.21. The molecular weight excluding hydrogens is 515 g/mol. The molecule has 0 spiro atoms. The van der Waals surface area contributed by atoms with Gasteiger partial charge in [-0.05, 0) is 49.8 Å². The van der Waals surface area contributed by atoms with Crippen LogP contribution in [0.1, 0.15) is 31.2 Å². The number of hydrogen-bond donors (Lipinski definition) is 1. The minimum absolute atomic E-state index is 0. The molecule has 170 valence electrons. The van der Waals surface area contributed by atoms with Gasteiger partial charge in [-0.3, -0.25) is 9.98 Å². The highest BCUT2D eigenvalue weighted by molar-refractivity contribution is 14.0. The van der Waals surface area contributed by atoms with E-state index in [0.29, 0.717) is 30.4 Å². The average Bonchev–Trinajstić information content (AvgIpc) is 3.29. The number of halogens is 1. The second kappa shape index (κ2) is 12.5. The van der Waals surface area contributed by atoms with Crippen molar-refractivity contribution in [2.75, 3.05) is 26.2 Å². The first-order chi connectivity index (χ1) is 15.3. The number of benzene rings is 1. The Morgan fingerprint density at radius 1 is 1.12 bits per heavy atom. The summed E-state index contributed by atoms with van der Waals surface area (Å²) in [5.74, 6) is 2.83. The van der Waals surface area contributed by atoms with E-state index in [0.717, 1.165) is 31.5 Å². The van der Waals surface area contributed by atoms with Crippen molar-refractivity contribution in [2.24, 2.45) is 10.9 Å². The van der Waals surface area contributed by atoms with Gasteiger partial charge in [0, 0.05) is 38.8 Å². The van der Waals surface area contributed by atoms with Crippen LogP contribution >= 0.6 is 24.0 Å². The number of guanidine groups is 1. The van der Waals surface area contributed by atoms with E-state index in [-0.39, 0.29) is 24.0 Å². The molecule has 1 aliphatic heterocycles. The monoisotopic (exact) mass is 546 g/mol. The summed E-state index contributed by atoms with van der Waals surface area (Å²) in [6, 6.07) is 16.4. The molecule has 1 fully saturated rings. The summed E-state index contributed by atoms with van der Waals surface area (Å²) in [5.41, 5.74) is 2.13. The Morgan fingerprint density at radius 2 is 1.91 bits per heavy atom. The third-order valence-electron chi connectivity index (χ3n) is 5.57. The molecule has 0 radical (unpaired) electrons. The molecule has 2 aromatic heterocycles. The molecule has 1 aliphatic rings. The lowest BCUT2D eigenvalue weighted by molar-refractivity contribution is 0.259. The van der Waals surface area contributed by atoms with Crippen molar-refractivity contribution in [3.63, 3.8) is 0 Å². The van der Waals surface area contributed by atoms with Gasteiger partial charge in [0.15, 0.2) is 11.8 Å². The lowest BCUT2D eigenvalue weighted by atomic mass is 9.90. The smallest absolute Gasteiger partial charge is 0.276 e. The zero-order chi connectivity index (χ0) is 21.3. The lowest BCUT2D eigenvalue weighted by Gasteiger charge is -2.34. The molecule has 0 aliphatic carbocycles. The molecule has 3 aromatic rings. The van der Waals surface area contributed by atoms with Gasteiger partial charge in [0.2, 0.25) is 0 Å². The van der Waals surface area contributed by atoms with E-state index in [2.05, 4.69) is 62.6 Å². The van der Waals surface area contributed by atoms with Crippen molar-refractivity contribution < 1.29 is 4.52 Å². The minimum Gasteiger partial charge on any atom is -0.357 e. The molecule has 7 nitrogen and oxygen atoms in total. The maximum atomic E-state index is 5.33. The molecular formula is C24H31IN6O. The summed E-state index contributed by atoms with van der Waals surface area (Å²) in [4.78, 5) is 15.9. The number of aromatic nitrogens is 3. The van der Waals surface area contributed by atoms with E-state index in [1.54, 1.807) is 6.20 Å². The van der Waals surface area contributed by atoms with Crippen LogP contribution in [0.4, 0.5) is 0 Å². The number of likely N-dealkylation sites (tertiary alicyclic amines) is 1. The SMILES string of the molecule is CCNC(=NCCc1noc(-c2ccccn2)n1)N1CCC(Cc2ccccc2)CC1.I. The number of piperidine rings is 1. The standard InChI is InChI=1S/C24H30N6O.HI/c1-2-25-24(30-16-12-20(13-17-30)18-19-8-4-3-5-9-19)27-15-11-22-28-23(31-29-22)21-10-6-7-14-26-21;/h3-10,14,20H,2,11-13,15-18H2,1H3,(H,25,27);1H. The van der Waals surface area contributed by atoms with E-state index >= 15 is 0 Å². The summed E-state index contributed by atoms with van der Waals surface area (Å²) in [5, 5.41) is 7.50. The number of nitrogens with zero attached hydrogens (tertiary/aromatic N) is 5. The molecule has 8 heteroatoms. The van der Waals surface area contributed by atoms with Gasteiger partial charge >= 0.3 is 0 Å². The van der Waals surface area contributed by atoms with E-state index in [1.165, 1.54) is 24.8 Å². The Kier molecular flexibility index (Phi) is 9.45. The van der Waals surface area contributed by atoms with Crippen LogP contribution in [0.15, 0.2) is 64.2 Å². The molecule has 0 bridgehead atoms. The Labute approximate surface area is 206 Å². The van der Waals surface area contributed by atoms with Gasteiger partial charge in [-0.25, -0.2) is 0 Å². The molecule has 4 rings (SSSR count). The first-order valence-corrected chi connectivity index (χ1v) is 11.1. The van der Waals surface area contributed by atoms with Crippen LogP contribution in [0.5, 0.6) is 0 Å². The summed E-state index contributed by atoms with van der Waals surface area (Å²) in [6.45, 7) is 5.66. The molecule has 1 aromatic carbocycles. The number of hydrogen-bond acceptors (Lipinski definition) is 5. The third kappa shape index (κ3) is 6.75. The van der Waals surface area contributed by atoms with Gasteiger partial charge in [0.1, 0.15) is 5.69 Å². The van der Waals surface area contributed by atoms with Crippen LogP contribution in [0, 0.1) is 5.92 Å². The van der Waals surface area contributed by atoms with Crippen molar-refractivity contribution in [3.8, 4) is 11.6 Å². The fourth-order valence-corrected chi connectivity index (χ4v) is 3.93. The highest BCUT2D eigenvalue weighted by atomic mass is 127. The maximum Gasteiger partial charge on any atom is 0.276 e. The Morgan fingerprint density at radius 3 is 2.62 bits per heavy atom. The van der Waals surface area contributed by atoms with Gasteiger partial charge in [0.05, 0.1) is 0 Å². The van der Waals surface area contributed by atoms with Crippen molar-refractivity contribution in [2.45, 2.75) is 32.6 Å². The average molecular weight is 546 g/mol. The fourth-order valence-electron chi connectivity index (χ4n) is 3.93. The fraction of sp³-hybridized carbons (Fsp3) is 0.417. The summed E-state index contributed by atoms with van der Waals surface area (Å²) >= 11 is 0. The van der Waals surface area contributed by atoms with Crippen molar-refractivity contribution >= 4 is 29.9 Å². The predicted octanol–water partition coefficient (Wildman–Crippen LogP) is 4.21. The Balaban J connectivity index is 0.00000289. The first kappa shape index (κ1) is 24.2. The van der Waals surface area contributed by atoms with Crippen LogP contribution in [0.2, 0.25) is 0 Å². The van der Waals surface area contributed by atoms with Crippen LogP contribution in [-0.4, -0.2) is 52.2 Å². The second-order valence-corrected chi connectivity index (χ2v) is 7.84. The quantitative estimate of drug-likeness (QED) is 0.272. The van der Waals surface area contributed by atoms with Gasteiger partial charge < -0.3 is 14.7 Å². The Hall–Kier alpha value is -2.49. The zero-order valence-electron chi connectivity index (χ0n) is 18.5. The summed E-state index contributed by atoms with van der Waals surface area (Å²) in [7, 11) is 0. The highest BCUT2D eigenvalue weighted by Crippen LogP contribution is 2.21. The molecule has 0 amide bonds. The predicted molar refractivity (Wildman–Crippen MR) is 137 cm³/mol. The molecule has 0 saturated carbocycles. The van der Waals surface area contributed by atoms with E-state index in [4.69, 9.17) is 9.52 Å². The van der Waals surface area contributed by atoms with Crippen LogP contribution in [0.3, 0.4) is 0 Å². The number of pyridine rings is 1. The molecule has 0 atom stereocenters. The summed E-state index contributed by atoms with van der Waals surface area (Å²) in [6.07, 6.45) is 5.90. The lowest BCUT2D eigenvalue weighted by Crippen LogP contribution is -2.46. The van der Waals surface area contributed by atoms with Crippen LogP contribution in [-0.2, 0) is 12.8 Å². The maximum absolute atomic E-state index is 5.33. The van der Waals surface area contributed by atoms with Crippen LogP contribution in [0.25, 0.3) is 11.6 Å². The first-order valence-electron chi connectivity index (χ1n) is 11.1. The molecule has 32 heavy (non-hydrogen) atoms. The van der Waals surface area contributed by atoms with E-state index in [1.807, 2.05) is 18.2 Å². The molecule has 1 saturated heterocycles. The zero-order valence-corrected chi connectivity index (χ0v) is 20.8. The number of aliphatic imine (C=N–C) groups is 1. The van der Waals surface area contributed by atoms with Crippen molar-refractivity contribution in [3.05, 3.63) is 66.1 Å². The van der Waals surface area contributed by atoms with Gasteiger partial charge in [0.25, 0.3) is 5.89 Å². The topological polar surface area (TPSA) is 79.4 Å². The second-order valence-electron chi connectivity index (χ2n) is 7.84. The third-order valence-corrected chi connectivity index (χ3v) is 5.57. The Bertz CT molecular complexity index is 955. The molecule has 3 heterocycles. The van der Waals surface area contributed by atoms with Crippen molar-refractivity contribution in [1.82, 2.24) is 25.3 Å². The van der Waals surface area contributed by atoms with Crippen molar-refractivity contribution in [1.29, 1.82) is 0 Å².